The molecule has 26 heavy (non-hydrogen) atoms. The molecule has 0 saturated heterocycles. The number of anilines is 1. The Hall–Kier alpha value is -2.92. The van der Waals surface area contributed by atoms with E-state index in [2.05, 4.69) is 29.3 Å². The summed E-state index contributed by atoms with van der Waals surface area (Å²) in [5.74, 6) is -0.358. The van der Waals surface area contributed by atoms with Gasteiger partial charge in [-0.25, -0.2) is 0 Å². The smallest absolute Gasteiger partial charge is 0.247 e. The summed E-state index contributed by atoms with van der Waals surface area (Å²) in [7, 11) is 0. The van der Waals surface area contributed by atoms with Gasteiger partial charge in [-0.3, -0.25) is 9.59 Å². The van der Waals surface area contributed by atoms with Crippen LogP contribution in [0.1, 0.15) is 22.8 Å². The molecule has 1 unspecified atom stereocenters. The van der Waals surface area contributed by atoms with Crippen LogP contribution in [0.15, 0.2) is 61.2 Å². The van der Waals surface area contributed by atoms with Gasteiger partial charge in [0.15, 0.2) is 0 Å². The van der Waals surface area contributed by atoms with Gasteiger partial charge in [-0.1, -0.05) is 43.0 Å². The van der Waals surface area contributed by atoms with E-state index in [9.17, 15) is 9.59 Å². The van der Waals surface area contributed by atoms with Gasteiger partial charge in [0, 0.05) is 12.2 Å². The fraction of sp³-hybridized carbons (Fsp3) is 0.238. The van der Waals surface area contributed by atoms with Crippen LogP contribution in [0.2, 0.25) is 0 Å². The molecule has 0 bridgehead atoms. The molecular weight excluding hydrogens is 328 g/mol. The molecule has 2 aromatic rings. The summed E-state index contributed by atoms with van der Waals surface area (Å²) in [6, 6.07) is 15.4. The number of benzene rings is 2. The van der Waals surface area contributed by atoms with E-state index in [0.717, 1.165) is 17.5 Å². The molecule has 2 aromatic carbocycles. The van der Waals surface area contributed by atoms with Crippen LogP contribution in [0.5, 0.6) is 0 Å². The normalized spacial score (nSPS) is 15.6. The highest BCUT2D eigenvalue weighted by Crippen LogP contribution is 2.26. The summed E-state index contributed by atoms with van der Waals surface area (Å²) in [6.45, 7) is 4.54. The van der Waals surface area contributed by atoms with Gasteiger partial charge in [0.2, 0.25) is 11.8 Å². The monoisotopic (exact) mass is 350 g/mol. The highest BCUT2D eigenvalue weighted by molar-refractivity contribution is 5.98. The second-order valence-corrected chi connectivity index (χ2v) is 6.18. The average molecular weight is 350 g/mol. The molecule has 5 heteroatoms. The first-order valence-electron chi connectivity index (χ1n) is 8.64. The van der Waals surface area contributed by atoms with Gasteiger partial charge in [0.05, 0.1) is 13.0 Å². The summed E-state index contributed by atoms with van der Waals surface area (Å²) >= 11 is 0. The zero-order valence-electron chi connectivity index (χ0n) is 14.5. The largest absolute Gasteiger partial charge is 0.371 e. The molecule has 1 atom stereocenters. The van der Waals surface area contributed by atoms with Crippen molar-refractivity contribution in [2.45, 2.75) is 18.9 Å². The Balaban J connectivity index is 1.56. The molecule has 0 aliphatic carbocycles. The highest BCUT2D eigenvalue weighted by Gasteiger charge is 2.20. The SMILES string of the molecule is C=CC(=O)Nc1cccc(CC(=O)NCC2OCCc3ccccc32)c1. The first-order chi connectivity index (χ1) is 12.7. The summed E-state index contributed by atoms with van der Waals surface area (Å²) in [5.41, 5.74) is 3.90. The summed E-state index contributed by atoms with van der Waals surface area (Å²) in [6.07, 6.45) is 2.25. The molecule has 2 amide bonds. The maximum Gasteiger partial charge on any atom is 0.247 e. The predicted molar refractivity (Wildman–Crippen MR) is 101 cm³/mol. The van der Waals surface area contributed by atoms with Crippen molar-refractivity contribution in [2.24, 2.45) is 0 Å². The molecular formula is C21H22N2O3. The first kappa shape index (κ1) is 17.9. The van der Waals surface area contributed by atoms with E-state index < -0.39 is 0 Å². The summed E-state index contributed by atoms with van der Waals surface area (Å²) in [5, 5.41) is 5.64. The standard InChI is InChI=1S/C21H22N2O3/c1-2-20(24)23-17-8-5-6-15(12-17)13-21(25)22-14-19-18-9-4-3-7-16(18)10-11-26-19/h2-9,12,19H,1,10-11,13-14H2,(H,22,25)(H,23,24). The van der Waals surface area contributed by atoms with Crippen molar-refractivity contribution in [3.8, 4) is 0 Å². The van der Waals surface area contributed by atoms with Crippen LogP contribution >= 0.6 is 0 Å². The lowest BCUT2D eigenvalue weighted by atomic mass is 9.97. The molecule has 134 valence electrons. The van der Waals surface area contributed by atoms with E-state index >= 15 is 0 Å². The fourth-order valence-electron chi connectivity index (χ4n) is 3.05. The van der Waals surface area contributed by atoms with E-state index in [-0.39, 0.29) is 24.3 Å². The Bertz CT molecular complexity index is 816. The summed E-state index contributed by atoms with van der Waals surface area (Å²) in [4.78, 5) is 23.7. The lowest BCUT2D eigenvalue weighted by molar-refractivity contribution is -0.121. The van der Waals surface area contributed by atoms with Gasteiger partial charge in [0.25, 0.3) is 0 Å². The predicted octanol–water partition coefficient (Wildman–Crippen LogP) is 2.78. The number of hydrogen-bond donors (Lipinski definition) is 2. The third-order valence-electron chi connectivity index (χ3n) is 4.32. The number of rotatable bonds is 6. The summed E-state index contributed by atoms with van der Waals surface area (Å²) < 4.78 is 5.81. The van der Waals surface area contributed by atoms with E-state index in [1.807, 2.05) is 24.3 Å². The van der Waals surface area contributed by atoms with Crippen molar-refractivity contribution in [3.05, 3.63) is 77.9 Å². The van der Waals surface area contributed by atoms with Crippen molar-refractivity contribution >= 4 is 17.5 Å². The number of amides is 2. The topological polar surface area (TPSA) is 67.4 Å². The highest BCUT2D eigenvalue weighted by atomic mass is 16.5. The fourth-order valence-corrected chi connectivity index (χ4v) is 3.05. The number of carbonyl (C=O) groups is 2. The molecule has 0 saturated carbocycles. The number of ether oxygens (including phenoxy) is 1. The van der Waals surface area contributed by atoms with Crippen molar-refractivity contribution in [3.63, 3.8) is 0 Å². The Labute approximate surface area is 153 Å². The van der Waals surface area contributed by atoms with Crippen LogP contribution in [0.4, 0.5) is 5.69 Å². The zero-order valence-corrected chi connectivity index (χ0v) is 14.5. The number of carbonyl (C=O) groups excluding carboxylic acids is 2. The third-order valence-corrected chi connectivity index (χ3v) is 4.32. The lowest BCUT2D eigenvalue weighted by Crippen LogP contribution is -2.32. The van der Waals surface area contributed by atoms with Crippen LogP contribution < -0.4 is 10.6 Å². The van der Waals surface area contributed by atoms with Crippen molar-refractivity contribution in [1.29, 1.82) is 0 Å². The second-order valence-electron chi connectivity index (χ2n) is 6.18. The molecule has 1 heterocycles. The molecule has 2 N–H and O–H groups in total. The van der Waals surface area contributed by atoms with Gasteiger partial charge in [0.1, 0.15) is 6.10 Å². The Morgan fingerprint density at radius 2 is 2.04 bits per heavy atom. The van der Waals surface area contributed by atoms with E-state index in [0.29, 0.717) is 18.8 Å². The van der Waals surface area contributed by atoms with Gasteiger partial charge in [-0.2, -0.15) is 0 Å². The molecule has 3 rings (SSSR count). The van der Waals surface area contributed by atoms with Crippen LogP contribution in [0.3, 0.4) is 0 Å². The van der Waals surface area contributed by atoms with Gasteiger partial charge >= 0.3 is 0 Å². The Kier molecular flexibility index (Phi) is 5.81. The molecule has 0 spiro atoms. The average Bonchev–Trinajstić information content (AvgIpc) is 2.66. The molecule has 0 fully saturated rings. The minimum Gasteiger partial charge on any atom is -0.371 e. The van der Waals surface area contributed by atoms with Crippen LogP contribution in [0.25, 0.3) is 0 Å². The third kappa shape index (κ3) is 4.58. The van der Waals surface area contributed by atoms with E-state index in [1.54, 1.807) is 12.1 Å². The minimum atomic E-state index is -0.278. The van der Waals surface area contributed by atoms with Crippen LogP contribution in [-0.4, -0.2) is 25.0 Å². The van der Waals surface area contributed by atoms with E-state index in [4.69, 9.17) is 4.74 Å². The van der Waals surface area contributed by atoms with Gasteiger partial charge in [-0.05, 0) is 41.3 Å². The second kappa shape index (κ2) is 8.45. The molecule has 1 aliphatic heterocycles. The van der Waals surface area contributed by atoms with E-state index in [1.165, 1.54) is 11.6 Å². The minimum absolute atomic E-state index is 0.0798. The zero-order chi connectivity index (χ0) is 18.4. The van der Waals surface area contributed by atoms with Crippen molar-refractivity contribution in [1.82, 2.24) is 5.32 Å². The van der Waals surface area contributed by atoms with Crippen LogP contribution in [0, 0.1) is 0 Å². The maximum absolute atomic E-state index is 12.3. The van der Waals surface area contributed by atoms with Crippen molar-refractivity contribution < 1.29 is 14.3 Å². The van der Waals surface area contributed by atoms with Crippen molar-refractivity contribution in [2.75, 3.05) is 18.5 Å². The molecule has 5 nitrogen and oxygen atoms in total. The number of fused-ring (bicyclic) bond motifs is 1. The van der Waals surface area contributed by atoms with Crippen LogP contribution in [-0.2, 0) is 27.2 Å². The Morgan fingerprint density at radius 1 is 1.19 bits per heavy atom. The molecule has 1 aliphatic rings. The molecule has 0 radical (unpaired) electrons. The van der Waals surface area contributed by atoms with Gasteiger partial charge < -0.3 is 15.4 Å². The maximum atomic E-state index is 12.3. The number of nitrogens with one attached hydrogen (secondary N) is 2. The first-order valence-corrected chi connectivity index (χ1v) is 8.64. The lowest BCUT2D eigenvalue weighted by Gasteiger charge is -2.26. The number of hydrogen-bond acceptors (Lipinski definition) is 3. The Morgan fingerprint density at radius 3 is 2.88 bits per heavy atom. The quantitative estimate of drug-likeness (QED) is 0.787. The van der Waals surface area contributed by atoms with Gasteiger partial charge in [-0.15, -0.1) is 0 Å². The molecule has 0 aromatic heterocycles.